The van der Waals surface area contributed by atoms with E-state index in [4.69, 9.17) is 9.47 Å². The minimum absolute atomic E-state index is 0.0185. The molecule has 1 aliphatic heterocycles. The molecule has 2 saturated carbocycles. The van der Waals surface area contributed by atoms with Gasteiger partial charge in [0.1, 0.15) is 12.7 Å². The van der Waals surface area contributed by atoms with Crippen LogP contribution < -0.4 is 0 Å². The number of carbonyl (C=O) groups excluding carboxylic acids is 2. The molecule has 2 aliphatic carbocycles. The van der Waals surface area contributed by atoms with Crippen molar-refractivity contribution in [1.82, 2.24) is 0 Å². The number of hydrogen-bond donors (Lipinski definition) is 1. The first kappa shape index (κ1) is 20.4. The van der Waals surface area contributed by atoms with Crippen molar-refractivity contribution in [3.63, 3.8) is 0 Å². The summed E-state index contributed by atoms with van der Waals surface area (Å²) in [6, 6.07) is 0. The van der Waals surface area contributed by atoms with Crippen LogP contribution in [0.2, 0.25) is 0 Å². The van der Waals surface area contributed by atoms with E-state index >= 15 is 0 Å². The van der Waals surface area contributed by atoms with Gasteiger partial charge in [-0.3, -0.25) is 4.79 Å². The lowest BCUT2D eigenvalue weighted by Crippen LogP contribution is -2.66. The minimum Gasteiger partial charge on any atom is -0.462 e. The van der Waals surface area contributed by atoms with Crippen LogP contribution in [0.3, 0.4) is 0 Å². The Kier molecular flexibility index (Phi) is 5.21. The Labute approximate surface area is 162 Å². The molecule has 0 aromatic carbocycles. The molecule has 2 fully saturated rings. The van der Waals surface area contributed by atoms with Crippen LogP contribution in [0.1, 0.15) is 73.1 Å². The van der Waals surface area contributed by atoms with E-state index < -0.39 is 5.60 Å². The average Bonchev–Trinajstić information content (AvgIpc) is 2.94. The van der Waals surface area contributed by atoms with Crippen LogP contribution >= 0.6 is 0 Å². The molecule has 5 atom stereocenters. The van der Waals surface area contributed by atoms with Crippen LogP contribution in [0.25, 0.3) is 0 Å². The number of ether oxygens (including phenoxy) is 2. The van der Waals surface area contributed by atoms with Gasteiger partial charge in [-0.2, -0.15) is 0 Å². The van der Waals surface area contributed by atoms with Gasteiger partial charge in [0.25, 0.3) is 0 Å². The standard InChI is InChI=1S/C22H34O5/c1-14-13-17(27-15(2)23)18-20(3,4)9-6-10-21(18,5)22(14,25)11-7-16-8-12-26-19(16)24/h8,14,17-18,25H,6-7,9-13H2,1-5H3/t14-,17?,18+,21+,22-/m1/s1. The summed E-state index contributed by atoms with van der Waals surface area (Å²) in [5.74, 6) is -0.436. The quantitative estimate of drug-likeness (QED) is 0.754. The van der Waals surface area contributed by atoms with Crippen LogP contribution in [-0.4, -0.2) is 35.4 Å². The summed E-state index contributed by atoms with van der Waals surface area (Å²) in [5.41, 5.74) is -0.620. The van der Waals surface area contributed by atoms with Gasteiger partial charge in [-0.15, -0.1) is 0 Å². The lowest BCUT2D eigenvalue weighted by molar-refractivity contribution is -0.249. The van der Waals surface area contributed by atoms with Crippen molar-refractivity contribution < 1.29 is 24.2 Å². The summed E-state index contributed by atoms with van der Waals surface area (Å²) in [6.07, 6.45) is 6.39. The summed E-state index contributed by atoms with van der Waals surface area (Å²) in [4.78, 5) is 23.6. The molecule has 0 saturated heterocycles. The molecule has 0 bridgehead atoms. The Morgan fingerprint density at radius 3 is 2.63 bits per heavy atom. The first-order valence-corrected chi connectivity index (χ1v) is 10.3. The van der Waals surface area contributed by atoms with Crippen LogP contribution in [-0.2, 0) is 19.1 Å². The predicted octanol–water partition coefficient (Wildman–Crippen LogP) is 3.79. The van der Waals surface area contributed by atoms with E-state index in [1.165, 1.54) is 6.92 Å². The number of fused-ring (bicyclic) bond motifs is 1. The van der Waals surface area contributed by atoms with Gasteiger partial charge in [-0.25, -0.2) is 4.79 Å². The number of hydrogen-bond acceptors (Lipinski definition) is 5. The fourth-order valence-electron chi connectivity index (χ4n) is 6.51. The highest BCUT2D eigenvalue weighted by atomic mass is 16.5. The highest BCUT2D eigenvalue weighted by Gasteiger charge is 2.64. The highest BCUT2D eigenvalue weighted by Crippen LogP contribution is 2.64. The molecule has 152 valence electrons. The number of esters is 2. The van der Waals surface area contributed by atoms with E-state index in [9.17, 15) is 14.7 Å². The second-order valence-corrected chi connectivity index (χ2v) is 9.77. The van der Waals surface area contributed by atoms with E-state index in [1.807, 2.05) is 6.08 Å². The molecule has 0 aromatic heterocycles. The van der Waals surface area contributed by atoms with Crippen molar-refractivity contribution in [2.45, 2.75) is 84.8 Å². The van der Waals surface area contributed by atoms with Gasteiger partial charge in [0, 0.05) is 23.8 Å². The average molecular weight is 379 g/mol. The zero-order chi connectivity index (χ0) is 20.0. The zero-order valence-corrected chi connectivity index (χ0v) is 17.3. The van der Waals surface area contributed by atoms with Crippen LogP contribution in [0.4, 0.5) is 0 Å². The summed E-state index contributed by atoms with van der Waals surface area (Å²) in [7, 11) is 0. The van der Waals surface area contributed by atoms with E-state index in [1.54, 1.807) is 0 Å². The smallest absolute Gasteiger partial charge is 0.334 e. The number of aliphatic hydroxyl groups is 1. The third-order valence-electron chi connectivity index (χ3n) is 7.71. The molecule has 0 aromatic rings. The highest BCUT2D eigenvalue weighted by molar-refractivity contribution is 5.90. The maximum atomic E-state index is 12.0. The summed E-state index contributed by atoms with van der Waals surface area (Å²) in [6.45, 7) is 10.5. The Bertz CT molecular complexity index is 651. The van der Waals surface area contributed by atoms with E-state index in [-0.39, 0.29) is 40.7 Å². The topological polar surface area (TPSA) is 72.8 Å². The molecule has 3 rings (SSSR count). The molecular formula is C22H34O5. The fourth-order valence-corrected chi connectivity index (χ4v) is 6.51. The Hall–Kier alpha value is -1.36. The van der Waals surface area contributed by atoms with Gasteiger partial charge in [-0.05, 0) is 49.5 Å². The van der Waals surface area contributed by atoms with Crippen molar-refractivity contribution in [2.24, 2.45) is 22.7 Å². The number of cyclic esters (lactones) is 1. The first-order chi connectivity index (χ1) is 12.5. The maximum absolute atomic E-state index is 12.0. The number of carbonyl (C=O) groups is 2. The van der Waals surface area contributed by atoms with E-state index in [2.05, 4.69) is 27.7 Å². The Morgan fingerprint density at radius 2 is 2.04 bits per heavy atom. The van der Waals surface area contributed by atoms with E-state index in [0.717, 1.165) is 19.3 Å². The third kappa shape index (κ3) is 3.32. The Balaban J connectivity index is 1.94. The molecule has 1 unspecified atom stereocenters. The molecule has 5 nitrogen and oxygen atoms in total. The van der Waals surface area contributed by atoms with Gasteiger partial charge in [0.15, 0.2) is 0 Å². The Morgan fingerprint density at radius 1 is 1.33 bits per heavy atom. The van der Waals surface area contributed by atoms with Gasteiger partial charge in [0.2, 0.25) is 0 Å². The van der Waals surface area contributed by atoms with Crippen molar-refractivity contribution in [1.29, 1.82) is 0 Å². The SMILES string of the molecule is CC(=O)OC1C[C@@H](C)[C@](O)(CCC2=CCOC2=O)[C@@]2(C)CCCC(C)(C)[C@H]12. The monoisotopic (exact) mass is 378 g/mol. The lowest BCUT2D eigenvalue weighted by atomic mass is 9.43. The molecule has 1 N–H and O–H groups in total. The van der Waals surface area contributed by atoms with Crippen molar-refractivity contribution in [2.75, 3.05) is 6.61 Å². The van der Waals surface area contributed by atoms with Crippen molar-refractivity contribution in [3.05, 3.63) is 11.6 Å². The van der Waals surface area contributed by atoms with Gasteiger partial charge < -0.3 is 14.6 Å². The van der Waals surface area contributed by atoms with Gasteiger partial charge in [-0.1, -0.05) is 34.1 Å². The fraction of sp³-hybridized carbons (Fsp3) is 0.818. The number of rotatable bonds is 4. The normalized spacial score (nSPS) is 40.7. The molecule has 3 aliphatic rings. The van der Waals surface area contributed by atoms with Crippen molar-refractivity contribution in [3.8, 4) is 0 Å². The minimum atomic E-state index is -0.907. The van der Waals surface area contributed by atoms with Crippen LogP contribution in [0, 0.1) is 22.7 Å². The summed E-state index contributed by atoms with van der Waals surface area (Å²) in [5, 5.41) is 12.0. The second-order valence-electron chi connectivity index (χ2n) is 9.77. The van der Waals surface area contributed by atoms with E-state index in [0.29, 0.717) is 31.4 Å². The van der Waals surface area contributed by atoms with Gasteiger partial charge in [0.05, 0.1) is 5.60 Å². The molecular weight excluding hydrogens is 344 g/mol. The van der Waals surface area contributed by atoms with Crippen LogP contribution in [0.15, 0.2) is 11.6 Å². The summed E-state index contributed by atoms with van der Waals surface area (Å²) >= 11 is 0. The summed E-state index contributed by atoms with van der Waals surface area (Å²) < 4.78 is 10.8. The molecule has 1 heterocycles. The van der Waals surface area contributed by atoms with Crippen molar-refractivity contribution >= 4 is 11.9 Å². The largest absolute Gasteiger partial charge is 0.462 e. The molecule has 0 spiro atoms. The molecule has 27 heavy (non-hydrogen) atoms. The maximum Gasteiger partial charge on any atom is 0.334 e. The molecule has 0 radical (unpaired) electrons. The zero-order valence-electron chi connectivity index (χ0n) is 17.3. The third-order valence-corrected chi connectivity index (χ3v) is 7.71. The molecule has 5 heteroatoms. The van der Waals surface area contributed by atoms with Gasteiger partial charge >= 0.3 is 11.9 Å². The second kappa shape index (κ2) is 6.91. The lowest BCUT2D eigenvalue weighted by Gasteiger charge is -2.64. The first-order valence-electron chi connectivity index (χ1n) is 10.3. The predicted molar refractivity (Wildman–Crippen MR) is 102 cm³/mol. The van der Waals surface area contributed by atoms with Crippen LogP contribution in [0.5, 0.6) is 0 Å². The molecule has 0 amide bonds.